The Hall–Kier alpha value is -2.25. The molecule has 7 heteroatoms. The van der Waals surface area contributed by atoms with Gasteiger partial charge in [0.25, 0.3) is 0 Å². The number of hydrogen-bond acceptors (Lipinski definition) is 5. The largest absolute Gasteiger partial charge is 0.478 e. The molecule has 0 amide bonds. The second kappa shape index (κ2) is 7.22. The molecule has 3 fully saturated rings. The lowest BCUT2D eigenvalue weighted by molar-refractivity contribution is -0.191. The number of likely N-dealkylation sites (tertiary alicyclic amines) is 1. The summed E-state index contributed by atoms with van der Waals surface area (Å²) in [4.78, 5) is 24.3. The third-order valence-corrected chi connectivity index (χ3v) is 6.31. The summed E-state index contributed by atoms with van der Waals surface area (Å²) in [7, 11) is 0. The fourth-order valence-corrected chi connectivity index (χ4v) is 4.56. The van der Waals surface area contributed by atoms with Crippen molar-refractivity contribution in [2.45, 2.75) is 50.4 Å². The number of carboxylic acids is 1. The third-order valence-electron chi connectivity index (χ3n) is 6.31. The number of carboxylic acid groups (broad SMARTS) is 1. The minimum absolute atomic E-state index is 0.0119. The molecule has 29 heavy (non-hydrogen) atoms. The van der Waals surface area contributed by atoms with E-state index in [0.717, 1.165) is 30.9 Å². The highest BCUT2D eigenvalue weighted by atomic mass is 19.2. The molecule has 6 nitrogen and oxygen atoms in total. The smallest absolute Gasteiger partial charge is 0.330 e. The van der Waals surface area contributed by atoms with Crippen molar-refractivity contribution in [2.75, 3.05) is 19.8 Å². The number of aldehydes is 1. The van der Waals surface area contributed by atoms with Gasteiger partial charge in [0.1, 0.15) is 6.29 Å². The topological polar surface area (TPSA) is 76.1 Å². The molecule has 4 rings (SSSR count). The Bertz CT molecular complexity index is 834. The van der Waals surface area contributed by atoms with E-state index in [-0.39, 0.29) is 24.0 Å². The summed E-state index contributed by atoms with van der Waals surface area (Å²) in [5.41, 5.74) is 1.49. The van der Waals surface area contributed by atoms with E-state index in [9.17, 15) is 14.7 Å². The molecule has 0 radical (unpaired) electrons. The number of allylic oxidation sites excluding steroid dienone is 2. The summed E-state index contributed by atoms with van der Waals surface area (Å²) in [6, 6.07) is 0. The molecule has 1 N–H and O–H groups in total. The Morgan fingerprint density at radius 1 is 1.41 bits per heavy atom. The minimum Gasteiger partial charge on any atom is -0.478 e. The maximum atomic E-state index is 15.5. The number of piperidine rings is 1. The van der Waals surface area contributed by atoms with E-state index in [4.69, 9.17) is 9.47 Å². The van der Waals surface area contributed by atoms with Crippen molar-refractivity contribution in [1.29, 1.82) is 0 Å². The van der Waals surface area contributed by atoms with E-state index in [1.807, 2.05) is 11.8 Å². The van der Waals surface area contributed by atoms with Crippen LogP contribution in [0.1, 0.15) is 39.0 Å². The lowest BCUT2D eigenvalue weighted by Gasteiger charge is -2.55. The number of ether oxygens (including phenoxy) is 2. The van der Waals surface area contributed by atoms with Crippen LogP contribution in [0.2, 0.25) is 0 Å². The Labute approximate surface area is 169 Å². The SMILES string of the molecule is CC1(COC2(F)C=C3CC4(CCC4)N(/C=C/C=O)/C(=C\C(=O)O)C3=CC2)COC1. The predicted molar refractivity (Wildman–Crippen MR) is 103 cm³/mol. The molecular formula is C22H26FNO5. The number of carbonyl (C=O) groups excluding carboxylic acids is 1. The number of aliphatic carboxylic acids is 1. The van der Waals surface area contributed by atoms with Crippen molar-refractivity contribution >= 4 is 12.3 Å². The van der Waals surface area contributed by atoms with Crippen molar-refractivity contribution in [3.63, 3.8) is 0 Å². The van der Waals surface area contributed by atoms with Gasteiger partial charge in [0, 0.05) is 29.7 Å². The number of nitrogens with zero attached hydrogens (tertiary/aromatic N) is 1. The van der Waals surface area contributed by atoms with Gasteiger partial charge in [-0.05, 0) is 49.0 Å². The maximum Gasteiger partial charge on any atom is 0.330 e. The maximum absolute atomic E-state index is 15.5. The van der Waals surface area contributed by atoms with Gasteiger partial charge in [0.2, 0.25) is 5.85 Å². The van der Waals surface area contributed by atoms with Crippen molar-refractivity contribution < 1.29 is 28.6 Å². The third kappa shape index (κ3) is 3.69. The van der Waals surface area contributed by atoms with Gasteiger partial charge in [0.15, 0.2) is 0 Å². The monoisotopic (exact) mass is 403 g/mol. The second-order valence-corrected chi connectivity index (χ2v) is 8.84. The number of halogens is 1. The van der Waals surface area contributed by atoms with Gasteiger partial charge in [-0.25, -0.2) is 9.18 Å². The van der Waals surface area contributed by atoms with Crippen molar-refractivity contribution in [3.8, 4) is 0 Å². The summed E-state index contributed by atoms with van der Waals surface area (Å²) in [5, 5.41) is 9.42. The molecule has 0 aromatic carbocycles. The molecule has 2 saturated heterocycles. The zero-order chi connectivity index (χ0) is 20.7. The lowest BCUT2D eigenvalue weighted by atomic mass is 9.66. The van der Waals surface area contributed by atoms with E-state index >= 15 is 4.39 Å². The molecule has 2 aliphatic heterocycles. The molecule has 2 aliphatic carbocycles. The summed E-state index contributed by atoms with van der Waals surface area (Å²) in [6.07, 6.45) is 11.4. The number of alkyl halides is 1. The Morgan fingerprint density at radius 3 is 2.72 bits per heavy atom. The van der Waals surface area contributed by atoms with Crippen LogP contribution in [0.4, 0.5) is 4.39 Å². The quantitative estimate of drug-likeness (QED) is 0.542. The highest BCUT2D eigenvalue weighted by molar-refractivity contribution is 5.82. The first kappa shape index (κ1) is 20.0. The molecule has 0 aromatic heterocycles. The van der Waals surface area contributed by atoms with Crippen molar-refractivity contribution in [1.82, 2.24) is 4.90 Å². The minimum atomic E-state index is -1.91. The first-order valence-electron chi connectivity index (χ1n) is 9.97. The molecule has 2 heterocycles. The summed E-state index contributed by atoms with van der Waals surface area (Å²) in [5.74, 6) is -2.98. The van der Waals surface area contributed by atoms with Gasteiger partial charge < -0.3 is 19.5 Å². The van der Waals surface area contributed by atoms with Crippen molar-refractivity contribution in [2.24, 2.45) is 5.41 Å². The normalized spacial score (nSPS) is 31.0. The zero-order valence-corrected chi connectivity index (χ0v) is 16.5. The van der Waals surface area contributed by atoms with Gasteiger partial charge in [-0.15, -0.1) is 0 Å². The molecule has 156 valence electrons. The first-order chi connectivity index (χ1) is 13.8. The van der Waals surface area contributed by atoms with E-state index in [0.29, 0.717) is 37.2 Å². The lowest BCUT2D eigenvalue weighted by Crippen LogP contribution is -2.54. The molecule has 1 unspecified atom stereocenters. The Morgan fingerprint density at radius 2 is 2.17 bits per heavy atom. The second-order valence-electron chi connectivity index (χ2n) is 8.84. The molecule has 1 spiro atoms. The Kier molecular flexibility index (Phi) is 4.99. The van der Waals surface area contributed by atoms with Gasteiger partial charge in [-0.3, -0.25) is 4.79 Å². The average Bonchev–Trinajstić information content (AvgIpc) is 2.61. The van der Waals surface area contributed by atoms with Crippen LogP contribution in [-0.4, -0.2) is 53.5 Å². The standard InChI is InChI=1S/C22H26FNO5/c1-20(13-28-14-20)15-29-22(23)7-4-17-16(12-22)11-21(5-2-6-21)24(8-3-9-25)18(17)10-19(26)27/h3-4,8-10,12H,2,5-7,11,13-15H2,1H3,(H,26,27)/b8-3+,18-10-. The van der Waals surface area contributed by atoms with E-state index in [2.05, 4.69) is 0 Å². The Balaban J connectivity index is 1.65. The number of carbonyl (C=O) groups is 2. The van der Waals surface area contributed by atoms with Gasteiger partial charge >= 0.3 is 5.97 Å². The van der Waals surface area contributed by atoms with E-state index < -0.39 is 11.8 Å². The molecule has 4 aliphatic rings. The van der Waals surface area contributed by atoms with Crippen LogP contribution in [0.5, 0.6) is 0 Å². The van der Waals surface area contributed by atoms with Crippen LogP contribution in [0.25, 0.3) is 0 Å². The molecule has 0 aromatic rings. The van der Waals surface area contributed by atoms with Crippen LogP contribution in [0.15, 0.2) is 47.3 Å². The summed E-state index contributed by atoms with van der Waals surface area (Å²) in [6.45, 7) is 3.40. The van der Waals surface area contributed by atoms with Crippen LogP contribution < -0.4 is 0 Å². The number of fused-ring (bicyclic) bond motifs is 1. The van der Waals surface area contributed by atoms with E-state index in [1.165, 1.54) is 12.2 Å². The number of rotatable bonds is 6. The first-order valence-corrected chi connectivity index (χ1v) is 9.97. The van der Waals surface area contributed by atoms with Crippen LogP contribution in [0.3, 0.4) is 0 Å². The number of hydrogen-bond donors (Lipinski definition) is 1. The van der Waals surface area contributed by atoms with Gasteiger partial charge in [-0.2, -0.15) is 0 Å². The van der Waals surface area contributed by atoms with Crippen LogP contribution in [0, 0.1) is 5.41 Å². The van der Waals surface area contributed by atoms with Gasteiger partial charge in [0.05, 0.1) is 25.5 Å². The summed E-state index contributed by atoms with van der Waals surface area (Å²) >= 11 is 0. The highest BCUT2D eigenvalue weighted by Gasteiger charge is 2.50. The zero-order valence-electron chi connectivity index (χ0n) is 16.5. The molecule has 1 saturated carbocycles. The fraction of sp³-hybridized carbons (Fsp3) is 0.545. The van der Waals surface area contributed by atoms with Crippen molar-refractivity contribution in [3.05, 3.63) is 47.3 Å². The average molecular weight is 403 g/mol. The van der Waals surface area contributed by atoms with E-state index in [1.54, 1.807) is 12.3 Å². The van der Waals surface area contributed by atoms with Crippen LogP contribution in [-0.2, 0) is 19.1 Å². The molecule has 1 atom stereocenters. The molecule has 0 bridgehead atoms. The molecular weight excluding hydrogens is 377 g/mol. The van der Waals surface area contributed by atoms with Gasteiger partial charge in [-0.1, -0.05) is 13.0 Å². The predicted octanol–water partition coefficient (Wildman–Crippen LogP) is 3.27. The van der Waals surface area contributed by atoms with Crippen LogP contribution >= 0.6 is 0 Å². The highest BCUT2D eigenvalue weighted by Crippen LogP contribution is 2.53. The summed E-state index contributed by atoms with van der Waals surface area (Å²) < 4.78 is 26.4. The fourth-order valence-electron chi connectivity index (χ4n) is 4.56.